The van der Waals surface area contributed by atoms with Gasteiger partial charge in [0.2, 0.25) is 5.91 Å². The van der Waals surface area contributed by atoms with Crippen LogP contribution in [0.1, 0.15) is 27.2 Å². The van der Waals surface area contributed by atoms with Gasteiger partial charge in [-0.05, 0) is 19.4 Å². The summed E-state index contributed by atoms with van der Waals surface area (Å²) < 4.78 is 5.35. The first-order valence-electron chi connectivity index (χ1n) is 6.62. The summed E-state index contributed by atoms with van der Waals surface area (Å²) in [6, 6.07) is 0.325. The molecule has 1 unspecified atom stereocenters. The minimum absolute atomic E-state index is 0.144. The van der Waals surface area contributed by atoms with Gasteiger partial charge in [0.1, 0.15) is 6.61 Å². The highest BCUT2D eigenvalue weighted by atomic mass is 16.5. The van der Waals surface area contributed by atoms with E-state index in [0.29, 0.717) is 18.6 Å². The Morgan fingerprint density at radius 1 is 1.41 bits per heavy atom. The summed E-state index contributed by atoms with van der Waals surface area (Å²) in [5.74, 6) is 0.637. The SMILES string of the molecule is CCCOCC(=O)N1CCN(C)CC1C(C)C. The third kappa shape index (κ3) is 4.28. The van der Waals surface area contributed by atoms with Crippen LogP contribution in [-0.4, -0.2) is 61.6 Å². The molecule has 0 saturated carbocycles. The van der Waals surface area contributed by atoms with E-state index in [4.69, 9.17) is 4.74 Å². The number of amides is 1. The third-order valence-corrected chi connectivity index (χ3v) is 3.29. The number of hydrogen-bond acceptors (Lipinski definition) is 3. The zero-order valence-electron chi connectivity index (χ0n) is 11.6. The highest BCUT2D eigenvalue weighted by Crippen LogP contribution is 2.16. The summed E-state index contributed by atoms with van der Waals surface area (Å²) in [5, 5.41) is 0. The normalized spacial score (nSPS) is 22.2. The topological polar surface area (TPSA) is 32.8 Å². The molecule has 4 heteroatoms. The zero-order chi connectivity index (χ0) is 12.8. The van der Waals surface area contributed by atoms with Gasteiger partial charge in [0, 0.05) is 32.3 Å². The number of ether oxygens (including phenoxy) is 1. The quantitative estimate of drug-likeness (QED) is 0.679. The van der Waals surface area contributed by atoms with Gasteiger partial charge in [-0.15, -0.1) is 0 Å². The van der Waals surface area contributed by atoms with Crippen molar-refractivity contribution >= 4 is 5.91 Å². The van der Waals surface area contributed by atoms with Crippen molar-refractivity contribution in [1.29, 1.82) is 0 Å². The molecule has 0 aromatic heterocycles. The van der Waals surface area contributed by atoms with Crippen LogP contribution in [0, 0.1) is 5.92 Å². The molecule has 0 spiro atoms. The molecule has 100 valence electrons. The van der Waals surface area contributed by atoms with Crippen LogP contribution >= 0.6 is 0 Å². The first kappa shape index (κ1) is 14.5. The Balaban J connectivity index is 2.51. The summed E-state index contributed by atoms with van der Waals surface area (Å²) in [5.41, 5.74) is 0. The van der Waals surface area contributed by atoms with Crippen LogP contribution in [-0.2, 0) is 9.53 Å². The molecule has 1 heterocycles. The summed E-state index contributed by atoms with van der Waals surface area (Å²) in [4.78, 5) is 16.4. The smallest absolute Gasteiger partial charge is 0.248 e. The summed E-state index contributed by atoms with van der Waals surface area (Å²) in [6.07, 6.45) is 0.962. The third-order valence-electron chi connectivity index (χ3n) is 3.29. The Bertz CT molecular complexity index is 244. The fourth-order valence-corrected chi connectivity index (χ4v) is 2.22. The van der Waals surface area contributed by atoms with Gasteiger partial charge in [0.15, 0.2) is 0 Å². The highest BCUT2D eigenvalue weighted by molar-refractivity contribution is 5.78. The van der Waals surface area contributed by atoms with Gasteiger partial charge in [-0.25, -0.2) is 0 Å². The number of piperazine rings is 1. The molecule has 0 bridgehead atoms. The molecule has 1 fully saturated rings. The molecule has 17 heavy (non-hydrogen) atoms. The molecule has 0 radical (unpaired) electrons. The van der Waals surface area contributed by atoms with Crippen molar-refractivity contribution in [3.05, 3.63) is 0 Å². The minimum atomic E-state index is 0.144. The standard InChI is InChI=1S/C13H26N2O2/c1-5-8-17-10-13(16)15-7-6-14(4)9-12(15)11(2)3/h11-12H,5-10H2,1-4H3. The molecule has 1 saturated heterocycles. The van der Waals surface area contributed by atoms with Crippen LogP contribution in [0.25, 0.3) is 0 Å². The second kappa shape index (κ2) is 6.97. The van der Waals surface area contributed by atoms with Crippen molar-refractivity contribution in [3.8, 4) is 0 Å². The van der Waals surface area contributed by atoms with Gasteiger partial charge in [-0.1, -0.05) is 20.8 Å². The van der Waals surface area contributed by atoms with Crippen molar-refractivity contribution in [3.63, 3.8) is 0 Å². The fraction of sp³-hybridized carbons (Fsp3) is 0.923. The lowest BCUT2D eigenvalue weighted by Gasteiger charge is -2.42. The first-order chi connectivity index (χ1) is 8.06. The summed E-state index contributed by atoms with van der Waals surface area (Å²) in [7, 11) is 2.12. The van der Waals surface area contributed by atoms with E-state index in [1.807, 2.05) is 4.90 Å². The Morgan fingerprint density at radius 2 is 2.12 bits per heavy atom. The Morgan fingerprint density at radius 3 is 2.71 bits per heavy atom. The molecule has 1 amide bonds. The summed E-state index contributed by atoms with van der Waals surface area (Å²) >= 11 is 0. The molecular weight excluding hydrogens is 216 g/mol. The molecule has 4 nitrogen and oxygen atoms in total. The van der Waals surface area contributed by atoms with Gasteiger partial charge in [-0.2, -0.15) is 0 Å². The van der Waals surface area contributed by atoms with Crippen LogP contribution in [0.3, 0.4) is 0 Å². The number of likely N-dealkylation sites (N-methyl/N-ethyl adjacent to an activating group) is 1. The number of carbonyl (C=O) groups excluding carboxylic acids is 1. The van der Waals surface area contributed by atoms with E-state index in [2.05, 4.69) is 32.7 Å². The van der Waals surface area contributed by atoms with E-state index in [-0.39, 0.29) is 12.5 Å². The van der Waals surface area contributed by atoms with Crippen molar-refractivity contribution in [2.24, 2.45) is 5.92 Å². The maximum absolute atomic E-state index is 12.1. The monoisotopic (exact) mass is 242 g/mol. The molecule has 0 aromatic carbocycles. The maximum Gasteiger partial charge on any atom is 0.248 e. The van der Waals surface area contributed by atoms with Crippen LogP contribution in [0.4, 0.5) is 0 Å². The predicted octanol–water partition coefficient (Wildman–Crippen LogP) is 1.21. The number of nitrogens with zero attached hydrogens (tertiary/aromatic N) is 2. The van der Waals surface area contributed by atoms with E-state index in [1.54, 1.807) is 0 Å². The van der Waals surface area contributed by atoms with Crippen LogP contribution in [0.2, 0.25) is 0 Å². The Labute approximate surface area is 105 Å². The molecular formula is C13H26N2O2. The van der Waals surface area contributed by atoms with Gasteiger partial charge in [0.05, 0.1) is 0 Å². The average molecular weight is 242 g/mol. The van der Waals surface area contributed by atoms with Crippen LogP contribution in [0.5, 0.6) is 0 Å². The minimum Gasteiger partial charge on any atom is -0.372 e. The maximum atomic E-state index is 12.1. The number of carbonyl (C=O) groups is 1. The Hall–Kier alpha value is -0.610. The zero-order valence-corrected chi connectivity index (χ0v) is 11.6. The van der Waals surface area contributed by atoms with Gasteiger partial charge in [0.25, 0.3) is 0 Å². The average Bonchev–Trinajstić information content (AvgIpc) is 2.29. The van der Waals surface area contributed by atoms with E-state index in [0.717, 1.165) is 26.1 Å². The largest absolute Gasteiger partial charge is 0.372 e. The van der Waals surface area contributed by atoms with Gasteiger partial charge in [-0.3, -0.25) is 4.79 Å². The molecule has 0 aliphatic carbocycles. The lowest BCUT2D eigenvalue weighted by Crippen LogP contribution is -2.56. The Kier molecular flexibility index (Phi) is 5.92. The molecule has 1 aliphatic rings. The van der Waals surface area contributed by atoms with E-state index < -0.39 is 0 Å². The van der Waals surface area contributed by atoms with Crippen molar-refractivity contribution < 1.29 is 9.53 Å². The van der Waals surface area contributed by atoms with E-state index >= 15 is 0 Å². The van der Waals surface area contributed by atoms with E-state index in [9.17, 15) is 4.79 Å². The number of hydrogen-bond donors (Lipinski definition) is 0. The predicted molar refractivity (Wildman–Crippen MR) is 68.9 cm³/mol. The molecule has 0 N–H and O–H groups in total. The lowest BCUT2D eigenvalue weighted by atomic mass is 10.00. The van der Waals surface area contributed by atoms with Crippen molar-refractivity contribution in [2.75, 3.05) is 39.9 Å². The van der Waals surface area contributed by atoms with Crippen LogP contribution < -0.4 is 0 Å². The van der Waals surface area contributed by atoms with Gasteiger partial charge < -0.3 is 14.5 Å². The first-order valence-corrected chi connectivity index (χ1v) is 6.62. The van der Waals surface area contributed by atoms with Crippen molar-refractivity contribution in [2.45, 2.75) is 33.2 Å². The van der Waals surface area contributed by atoms with Crippen molar-refractivity contribution in [1.82, 2.24) is 9.80 Å². The second-order valence-electron chi connectivity index (χ2n) is 5.21. The number of rotatable bonds is 5. The highest BCUT2D eigenvalue weighted by Gasteiger charge is 2.30. The summed E-state index contributed by atoms with van der Waals surface area (Å²) in [6.45, 7) is 10.1. The molecule has 1 atom stereocenters. The van der Waals surface area contributed by atoms with E-state index in [1.165, 1.54) is 0 Å². The molecule has 0 aromatic rings. The molecule has 1 rings (SSSR count). The molecule has 1 aliphatic heterocycles. The van der Waals surface area contributed by atoms with Crippen LogP contribution in [0.15, 0.2) is 0 Å². The fourth-order valence-electron chi connectivity index (χ4n) is 2.22. The lowest BCUT2D eigenvalue weighted by molar-refractivity contribution is -0.142. The van der Waals surface area contributed by atoms with Gasteiger partial charge >= 0.3 is 0 Å². The second-order valence-corrected chi connectivity index (χ2v) is 5.21.